The van der Waals surface area contributed by atoms with Crippen LogP contribution in [0.15, 0.2) is 84.0 Å². The molecule has 0 amide bonds. The molecule has 3 aromatic rings. The Morgan fingerprint density at radius 3 is 2.42 bits per heavy atom. The molecule has 0 bridgehead atoms. The van der Waals surface area contributed by atoms with Gasteiger partial charge in [0.15, 0.2) is 5.75 Å². The molecule has 130 valence electrons. The summed E-state index contributed by atoms with van der Waals surface area (Å²) in [6, 6.07) is 24.5. The zero-order valence-corrected chi connectivity index (χ0v) is 14.5. The lowest BCUT2D eigenvalue weighted by Gasteiger charge is -2.08. The van der Waals surface area contributed by atoms with E-state index in [2.05, 4.69) is 5.16 Å². The van der Waals surface area contributed by atoms with Crippen LogP contribution in [0.2, 0.25) is 0 Å². The molecule has 0 saturated carbocycles. The van der Waals surface area contributed by atoms with Gasteiger partial charge in [0.1, 0.15) is 18.6 Å². The van der Waals surface area contributed by atoms with Crippen LogP contribution in [0, 0.1) is 0 Å². The van der Waals surface area contributed by atoms with Crippen LogP contribution in [0.4, 0.5) is 0 Å². The van der Waals surface area contributed by atoms with E-state index in [1.807, 2.05) is 61.5 Å². The SMILES string of the molecule is C/C(=N\Oc1ccc(C=O)cc1)c1cccc(OCc2ccccc2)c1. The lowest BCUT2D eigenvalue weighted by molar-refractivity contribution is 0.112. The van der Waals surface area contributed by atoms with Crippen LogP contribution >= 0.6 is 0 Å². The van der Waals surface area contributed by atoms with Gasteiger partial charge in [-0.05, 0) is 48.9 Å². The largest absolute Gasteiger partial charge is 0.489 e. The van der Waals surface area contributed by atoms with Crippen molar-refractivity contribution >= 4 is 12.0 Å². The summed E-state index contributed by atoms with van der Waals surface area (Å²) in [4.78, 5) is 16.1. The van der Waals surface area contributed by atoms with Crippen LogP contribution in [0.25, 0.3) is 0 Å². The third-order valence-corrected chi connectivity index (χ3v) is 3.80. The minimum Gasteiger partial charge on any atom is -0.489 e. The van der Waals surface area contributed by atoms with Crippen LogP contribution in [0.5, 0.6) is 11.5 Å². The fraction of sp³-hybridized carbons (Fsp3) is 0.0909. The number of carbonyl (C=O) groups is 1. The summed E-state index contributed by atoms with van der Waals surface area (Å²) < 4.78 is 5.84. The van der Waals surface area contributed by atoms with Crippen molar-refractivity contribution < 1.29 is 14.4 Å². The third kappa shape index (κ3) is 4.80. The van der Waals surface area contributed by atoms with Gasteiger partial charge >= 0.3 is 0 Å². The Hall–Kier alpha value is -3.40. The zero-order chi connectivity index (χ0) is 18.2. The average molecular weight is 345 g/mol. The van der Waals surface area contributed by atoms with Gasteiger partial charge in [0, 0.05) is 11.1 Å². The Kier molecular flexibility index (Phi) is 5.78. The lowest BCUT2D eigenvalue weighted by atomic mass is 10.1. The highest BCUT2D eigenvalue weighted by Gasteiger charge is 2.02. The number of oxime groups is 1. The summed E-state index contributed by atoms with van der Waals surface area (Å²) in [6.07, 6.45) is 0.791. The molecule has 3 aromatic carbocycles. The summed E-state index contributed by atoms with van der Waals surface area (Å²) >= 11 is 0. The molecule has 0 aliphatic rings. The van der Waals surface area contributed by atoms with Gasteiger partial charge in [-0.2, -0.15) is 0 Å². The van der Waals surface area contributed by atoms with Gasteiger partial charge in [0.25, 0.3) is 0 Å². The third-order valence-electron chi connectivity index (χ3n) is 3.80. The van der Waals surface area contributed by atoms with E-state index in [9.17, 15) is 4.79 Å². The molecule has 0 aliphatic heterocycles. The van der Waals surface area contributed by atoms with E-state index in [0.29, 0.717) is 17.9 Å². The Morgan fingerprint density at radius 1 is 0.923 bits per heavy atom. The Labute approximate surface area is 152 Å². The van der Waals surface area contributed by atoms with Gasteiger partial charge in [-0.25, -0.2) is 0 Å². The predicted molar refractivity (Wildman–Crippen MR) is 102 cm³/mol. The van der Waals surface area contributed by atoms with Gasteiger partial charge in [-0.1, -0.05) is 47.6 Å². The first kappa shape index (κ1) is 17.4. The van der Waals surface area contributed by atoms with E-state index in [-0.39, 0.29) is 0 Å². The molecule has 26 heavy (non-hydrogen) atoms. The van der Waals surface area contributed by atoms with Gasteiger partial charge < -0.3 is 9.57 Å². The number of rotatable bonds is 7. The van der Waals surface area contributed by atoms with Crippen LogP contribution in [0.1, 0.15) is 28.4 Å². The maximum absolute atomic E-state index is 10.7. The fourth-order valence-corrected chi connectivity index (χ4v) is 2.33. The lowest BCUT2D eigenvalue weighted by Crippen LogP contribution is -2.00. The summed E-state index contributed by atoms with van der Waals surface area (Å²) in [5.74, 6) is 1.35. The number of hydrogen-bond acceptors (Lipinski definition) is 4. The van der Waals surface area contributed by atoms with Crippen LogP contribution in [-0.2, 0) is 6.61 Å². The summed E-state index contributed by atoms with van der Waals surface area (Å²) in [6.45, 7) is 2.39. The molecule has 0 saturated heterocycles. The number of ether oxygens (including phenoxy) is 1. The molecular formula is C22H19NO3. The number of hydrogen-bond donors (Lipinski definition) is 0. The first-order valence-electron chi connectivity index (χ1n) is 8.28. The first-order chi connectivity index (χ1) is 12.7. The normalized spacial score (nSPS) is 11.0. The molecule has 0 radical (unpaired) electrons. The molecule has 0 fully saturated rings. The predicted octanol–water partition coefficient (Wildman–Crippen LogP) is 4.88. The molecule has 4 heteroatoms. The topological polar surface area (TPSA) is 47.9 Å². The Balaban J connectivity index is 1.64. The number of carbonyl (C=O) groups excluding carboxylic acids is 1. The minimum atomic E-state index is 0.514. The highest BCUT2D eigenvalue weighted by molar-refractivity contribution is 5.98. The smallest absolute Gasteiger partial charge is 0.158 e. The molecule has 0 heterocycles. The first-order valence-corrected chi connectivity index (χ1v) is 8.28. The molecule has 0 unspecified atom stereocenters. The van der Waals surface area contributed by atoms with E-state index >= 15 is 0 Å². The maximum atomic E-state index is 10.7. The van der Waals surface area contributed by atoms with Crippen LogP contribution in [0.3, 0.4) is 0 Å². The number of benzene rings is 3. The van der Waals surface area contributed by atoms with Crippen molar-refractivity contribution in [3.63, 3.8) is 0 Å². The summed E-state index contributed by atoms with van der Waals surface area (Å²) in [7, 11) is 0. The van der Waals surface area contributed by atoms with E-state index in [0.717, 1.165) is 28.9 Å². The molecule has 4 nitrogen and oxygen atoms in total. The van der Waals surface area contributed by atoms with Crippen molar-refractivity contribution in [3.8, 4) is 11.5 Å². The molecule has 3 rings (SSSR count). The second-order valence-corrected chi connectivity index (χ2v) is 5.76. The molecule has 0 spiro atoms. The van der Waals surface area contributed by atoms with E-state index in [1.54, 1.807) is 24.3 Å². The van der Waals surface area contributed by atoms with Crippen LogP contribution < -0.4 is 9.57 Å². The monoisotopic (exact) mass is 345 g/mol. The van der Waals surface area contributed by atoms with Gasteiger partial charge in [0.05, 0.1) is 5.71 Å². The molecule has 0 atom stereocenters. The van der Waals surface area contributed by atoms with Crippen molar-refractivity contribution in [1.82, 2.24) is 0 Å². The second-order valence-electron chi connectivity index (χ2n) is 5.76. The molecule has 0 aliphatic carbocycles. The van der Waals surface area contributed by atoms with Crippen molar-refractivity contribution in [2.24, 2.45) is 5.16 Å². The van der Waals surface area contributed by atoms with Crippen LogP contribution in [-0.4, -0.2) is 12.0 Å². The van der Waals surface area contributed by atoms with Gasteiger partial charge in [-0.3, -0.25) is 4.79 Å². The van der Waals surface area contributed by atoms with Gasteiger partial charge in [0.2, 0.25) is 0 Å². The fourth-order valence-electron chi connectivity index (χ4n) is 2.33. The zero-order valence-electron chi connectivity index (χ0n) is 14.5. The average Bonchev–Trinajstić information content (AvgIpc) is 2.72. The van der Waals surface area contributed by atoms with Gasteiger partial charge in [-0.15, -0.1) is 0 Å². The van der Waals surface area contributed by atoms with E-state index in [1.165, 1.54) is 0 Å². The highest BCUT2D eigenvalue weighted by atomic mass is 16.6. The van der Waals surface area contributed by atoms with Crippen molar-refractivity contribution in [3.05, 3.63) is 95.6 Å². The van der Waals surface area contributed by atoms with Crippen molar-refractivity contribution in [2.75, 3.05) is 0 Å². The molecule has 0 N–H and O–H groups in total. The van der Waals surface area contributed by atoms with Crippen molar-refractivity contribution in [2.45, 2.75) is 13.5 Å². The quantitative estimate of drug-likeness (QED) is 0.348. The van der Waals surface area contributed by atoms with E-state index in [4.69, 9.17) is 9.57 Å². The maximum Gasteiger partial charge on any atom is 0.158 e. The second kappa shape index (κ2) is 8.62. The molecule has 0 aromatic heterocycles. The molecular weight excluding hydrogens is 326 g/mol. The minimum absolute atomic E-state index is 0.514. The Morgan fingerprint density at radius 2 is 1.69 bits per heavy atom. The number of aldehydes is 1. The summed E-state index contributed by atoms with van der Waals surface area (Å²) in [5, 5.41) is 4.15. The Bertz CT molecular complexity index is 887. The standard InChI is InChI=1S/C22H19NO3/c1-17(23-26-21-12-10-18(15-24)11-13-21)20-8-5-9-22(14-20)25-16-19-6-3-2-4-7-19/h2-15H,16H2,1H3/b23-17+. The van der Waals surface area contributed by atoms with Crippen molar-refractivity contribution in [1.29, 1.82) is 0 Å². The van der Waals surface area contributed by atoms with E-state index < -0.39 is 0 Å². The highest BCUT2D eigenvalue weighted by Crippen LogP contribution is 2.17. The number of nitrogens with zero attached hydrogens (tertiary/aromatic N) is 1. The summed E-state index contributed by atoms with van der Waals surface area (Å²) in [5.41, 5.74) is 3.36.